The number of rotatable bonds is 7. The standard InChI is InChI=1S/C29H31N2.Ir/c1-21(2)17-26-19-25(23-11-7-5-8-12-23)20-27(18-22(3)4)28(26)31-16-15-30-29(31)24-13-9-6-10-14-24;/h5-13,15-16,19-22H,17-18H2,1-4H3;/q-1;. The SMILES string of the molecule is CC(C)Cc1cc(-c2ccccc2)cc(CC(C)C)c1-n1ccnc1-c1[c-]cccc1.[Ir]. The minimum atomic E-state index is 0. The molecule has 3 heteroatoms. The molecule has 0 saturated carbocycles. The van der Waals surface area contributed by atoms with E-state index in [1.165, 1.54) is 27.9 Å². The van der Waals surface area contributed by atoms with Gasteiger partial charge in [-0.2, -0.15) is 0 Å². The summed E-state index contributed by atoms with van der Waals surface area (Å²) in [4.78, 5) is 4.72. The smallest absolute Gasteiger partial charge is 0.0602 e. The van der Waals surface area contributed by atoms with Gasteiger partial charge in [0, 0.05) is 38.2 Å². The van der Waals surface area contributed by atoms with E-state index in [9.17, 15) is 0 Å². The summed E-state index contributed by atoms with van der Waals surface area (Å²) in [6, 6.07) is 26.9. The Kier molecular flexibility index (Phi) is 8.23. The first-order chi connectivity index (χ1) is 15.0. The molecule has 0 fully saturated rings. The molecule has 1 radical (unpaired) electrons. The van der Waals surface area contributed by atoms with Crippen LogP contribution in [0.2, 0.25) is 0 Å². The summed E-state index contributed by atoms with van der Waals surface area (Å²) in [6.07, 6.45) is 6.05. The third-order valence-electron chi connectivity index (χ3n) is 5.46. The van der Waals surface area contributed by atoms with E-state index in [-0.39, 0.29) is 20.1 Å². The molecule has 0 atom stereocenters. The zero-order valence-electron chi connectivity index (χ0n) is 19.3. The van der Waals surface area contributed by atoms with Gasteiger partial charge >= 0.3 is 0 Å². The van der Waals surface area contributed by atoms with E-state index in [1.54, 1.807) is 0 Å². The van der Waals surface area contributed by atoms with Crippen molar-refractivity contribution < 1.29 is 20.1 Å². The molecule has 0 spiro atoms. The van der Waals surface area contributed by atoms with Gasteiger partial charge in [0.2, 0.25) is 0 Å². The molecule has 4 aromatic rings. The summed E-state index contributed by atoms with van der Waals surface area (Å²) in [5.41, 5.74) is 7.62. The molecular formula is C29H31IrN2-. The fraction of sp³-hybridized carbons (Fsp3) is 0.276. The van der Waals surface area contributed by atoms with Gasteiger partial charge in [-0.05, 0) is 59.1 Å². The third kappa shape index (κ3) is 5.46. The molecule has 0 amide bonds. The maximum Gasteiger partial charge on any atom is 0.0602 e. The van der Waals surface area contributed by atoms with Crippen LogP contribution in [0.15, 0.2) is 79.1 Å². The number of hydrogen-bond donors (Lipinski definition) is 0. The Labute approximate surface area is 206 Å². The van der Waals surface area contributed by atoms with Crippen molar-refractivity contribution in [1.82, 2.24) is 9.55 Å². The second kappa shape index (κ2) is 10.9. The molecule has 3 aromatic carbocycles. The van der Waals surface area contributed by atoms with Gasteiger partial charge in [0.25, 0.3) is 0 Å². The molecule has 0 unspecified atom stereocenters. The van der Waals surface area contributed by atoms with Crippen LogP contribution in [0.3, 0.4) is 0 Å². The van der Waals surface area contributed by atoms with Crippen molar-refractivity contribution in [2.45, 2.75) is 40.5 Å². The minimum absolute atomic E-state index is 0. The number of imidazole rings is 1. The van der Waals surface area contributed by atoms with Gasteiger partial charge in [-0.1, -0.05) is 58.0 Å². The largest absolute Gasteiger partial charge is 0.340 e. The molecule has 0 aliphatic rings. The minimum Gasteiger partial charge on any atom is -0.340 e. The molecular weight excluding hydrogens is 569 g/mol. The molecule has 4 rings (SSSR count). The Bertz CT molecular complexity index is 1100. The topological polar surface area (TPSA) is 17.8 Å². The molecule has 1 heterocycles. The Morgan fingerprint density at radius 3 is 2.00 bits per heavy atom. The predicted molar refractivity (Wildman–Crippen MR) is 130 cm³/mol. The molecule has 0 aliphatic heterocycles. The van der Waals surface area contributed by atoms with Gasteiger partial charge in [0.1, 0.15) is 0 Å². The normalized spacial score (nSPS) is 11.1. The van der Waals surface area contributed by atoms with Crippen LogP contribution in [0, 0.1) is 17.9 Å². The van der Waals surface area contributed by atoms with Crippen LogP contribution in [-0.4, -0.2) is 9.55 Å². The van der Waals surface area contributed by atoms with E-state index in [4.69, 9.17) is 4.98 Å². The molecule has 0 N–H and O–H groups in total. The van der Waals surface area contributed by atoms with E-state index in [2.05, 4.69) is 93.1 Å². The number of aromatic nitrogens is 2. The summed E-state index contributed by atoms with van der Waals surface area (Å²) in [5.74, 6) is 2.07. The van der Waals surface area contributed by atoms with Crippen LogP contribution in [-0.2, 0) is 32.9 Å². The van der Waals surface area contributed by atoms with Crippen LogP contribution in [0.25, 0.3) is 28.2 Å². The van der Waals surface area contributed by atoms with Crippen molar-refractivity contribution in [2.75, 3.05) is 0 Å². The molecule has 1 aromatic heterocycles. The van der Waals surface area contributed by atoms with Crippen molar-refractivity contribution in [3.8, 4) is 28.2 Å². The second-order valence-electron chi connectivity index (χ2n) is 9.10. The molecule has 0 saturated heterocycles. The van der Waals surface area contributed by atoms with E-state index >= 15 is 0 Å². The number of hydrogen-bond acceptors (Lipinski definition) is 1. The van der Waals surface area contributed by atoms with Crippen LogP contribution in [0.1, 0.15) is 38.8 Å². The Morgan fingerprint density at radius 1 is 0.812 bits per heavy atom. The monoisotopic (exact) mass is 600 g/mol. The molecule has 2 nitrogen and oxygen atoms in total. The molecule has 167 valence electrons. The summed E-state index contributed by atoms with van der Waals surface area (Å²) in [6.45, 7) is 9.17. The van der Waals surface area contributed by atoms with Crippen molar-refractivity contribution >= 4 is 0 Å². The quantitative estimate of drug-likeness (QED) is 0.203. The summed E-state index contributed by atoms with van der Waals surface area (Å²) < 4.78 is 2.27. The van der Waals surface area contributed by atoms with E-state index in [1.807, 2.05) is 24.4 Å². The van der Waals surface area contributed by atoms with Crippen LogP contribution in [0.5, 0.6) is 0 Å². The van der Waals surface area contributed by atoms with Crippen molar-refractivity contribution in [3.63, 3.8) is 0 Å². The Balaban J connectivity index is 0.00000289. The van der Waals surface area contributed by atoms with Gasteiger partial charge in [-0.3, -0.25) is 4.98 Å². The van der Waals surface area contributed by atoms with Crippen LogP contribution in [0.4, 0.5) is 0 Å². The zero-order chi connectivity index (χ0) is 21.8. The maximum absolute atomic E-state index is 4.72. The zero-order valence-corrected chi connectivity index (χ0v) is 21.7. The van der Waals surface area contributed by atoms with Gasteiger partial charge < -0.3 is 4.57 Å². The summed E-state index contributed by atoms with van der Waals surface area (Å²) in [5, 5.41) is 0. The van der Waals surface area contributed by atoms with Crippen LogP contribution >= 0.6 is 0 Å². The average Bonchev–Trinajstić information content (AvgIpc) is 3.23. The maximum atomic E-state index is 4.72. The Hall–Kier alpha value is -2.48. The van der Waals surface area contributed by atoms with E-state index < -0.39 is 0 Å². The van der Waals surface area contributed by atoms with Gasteiger partial charge in [0.15, 0.2) is 0 Å². The first-order valence-electron chi connectivity index (χ1n) is 11.2. The van der Waals surface area contributed by atoms with E-state index in [0.29, 0.717) is 11.8 Å². The summed E-state index contributed by atoms with van der Waals surface area (Å²) >= 11 is 0. The van der Waals surface area contributed by atoms with Crippen LogP contribution < -0.4 is 0 Å². The number of benzene rings is 3. The van der Waals surface area contributed by atoms with Crippen molar-refractivity contribution in [2.24, 2.45) is 11.8 Å². The average molecular weight is 600 g/mol. The summed E-state index contributed by atoms with van der Waals surface area (Å²) in [7, 11) is 0. The first-order valence-corrected chi connectivity index (χ1v) is 11.2. The second-order valence-corrected chi connectivity index (χ2v) is 9.10. The fourth-order valence-corrected chi connectivity index (χ4v) is 4.27. The molecule has 0 aliphatic carbocycles. The van der Waals surface area contributed by atoms with Gasteiger partial charge in [0.05, 0.1) is 5.82 Å². The molecule has 0 bridgehead atoms. The van der Waals surface area contributed by atoms with E-state index in [0.717, 1.165) is 24.2 Å². The van der Waals surface area contributed by atoms with Gasteiger partial charge in [-0.25, -0.2) is 0 Å². The van der Waals surface area contributed by atoms with Gasteiger partial charge in [-0.15, -0.1) is 35.9 Å². The predicted octanol–water partition coefficient (Wildman–Crippen LogP) is 7.40. The fourth-order valence-electron chi connectivity index (χ4n) is 4.27. The van der Waals surface area contributed by atoms with Crippen molar-refractivity contribution in [1.29, 1.82) is 0 Å². The van der Waals surface area contributed by atoms with Crippen molar-refractivity contribution in [3.05, 3.63) is 96.3 Å². The molecule has 32 heavy (non-hydrogen) atoms. The Morgan fingerprint density at radius 2 is 1.44 bits per heavy atom. The first kappa shape index (κ1) is 24.2. The third-order valence-corrected chi connectivity index (χ3v) is 5.46. The number of nitrogens with zero attached hydrogens (tertiary/aromatic N) is 2.